The number of benzene rings is 1. The van der Waals surface area contributed by atoms with E-state index in [2.05, 4.69) is 33.1 Å². The number of hydrogen-bond acceptors (Lipinski definition) is 2. The Morgan fingerprint density at radius 3 is 2.74 bits per heavy atom. The molecule has 1 aromatic rings. The van der Waals surface area contributed by atoms with Crippen molar-refractivity contribution in [1.82, 2.24) is 10.2 Å². The SMILES string of the molecule is CCCC[C@H](c1ccc(F)cc1Br)N1CCNCC1. The molecule has 0 aromatic heterocycles. The summed E-state index contributed by atoms with van der Waals surface area (Å²) < 4.78 is 14.1. The van der Waals surface area contributed by atoms with Gasteiger partial charge in [0.05, 0.1) is 0 Å². The molecule has 1 atom stereocenters. The first-order valence-electron chi connectivity index (χ1n) is 7.12. The molecule has 1 aliphatic heterocycles. The molecule has 1 fully saturated rings. The number of unbranched alkanes of at least 4 members (excludes halogenated alkanes) is 1. The summed E-state index contributed by atoms with van der Waals surface area (Å²) in [5.41, 5.74) is 1.22. The van der Waals surface area contributed by atoms with Crippen molar-refractivity contribution in [3.63, 3.8) is 0 Å². The second kappa shape index (κ2) is 7.36. The first kappa shape index (κ1) is 14.9. The second-order valence-electron chi connectivity index (χ2n) is 5.11. The summed E-state index contributed by atoms with van der Waals surface area (Å²) in [5, 5.41) is 3.39. The van der Waals surface area contributed by atoms with Crippen molar-refractivity contribution in [3.8, 4) is 0 Å². The lowest BCUT2D eigenvalue weighted by Crippen LogP contribution is -2.45. The van der Waals surface area contributed by atoms with Crippen LogP contribution in [0.3, 0.4) is 0 Å². The summed E-state index contributed by atoms with van der Waals surface area (Å²) in [4.78, 5) is 2.52. The standard InChI is InChI=1S/C15H22BrFN2/c1-2-3-4-15(19-9-7-18-8-10-19)13-6-5-12(17)11-14(13)16/h5-6,11,15,18H,2-4,7-10H2,1H3/t15-/m1/s1. The zero-order chi connectivity index (χ0) is 13.7. The lowest BCUT2D eigenvalue weighted by atomic mass is 9.98. The minimum Gasteiger partial charge on any atom is -0.314 e. The molecule has 1 N–H and O–H groups in total. The minimum absolute atomic E-state index is 0.176. The third-order valence-electron chi connectivity index (χ3n) is 3.74. The van der Waals surface area contributed by atoms with Gasteiger partial charge in [-0.25, -0.2) is 4.39 Å². The molecule has 1 saturated heterocycles. The van der Waals surface area contributed by atoms with Crippen LogP contribution in [0.2, 0.25) is 0 Å². The number of hydrogen-bond donors (Lipinski definition) is 1. The molecule has 2 rings (SSSR count). The smallest absolute Gasteiger partial charge is 0.124 e. The summed E-state index contributed by atoms with van der Waals surface area (Å²) in [5.74, 6) is -0.176. The summed E-state index contributed by atoms with van der Waals surface area (Å²) in [7, 11) is 0. The van der Waals surface area contributed by atoms with Crippen molar-refractivity contribution in [2.24, 2.45) is 0 Å². The Bertz CT molecular complexity index is 405. The van der Waals surface area contributed by atoms with E-state index in [0.29, 0.717) is 6.04 Å². The molecule has 0 amide bonds. The van der Waals surface area contributed by atoms with Crippen molar-refractivity contribution in [2.75, 3.05) is 26.2 Å². The van der Waals surface area contributed by atoms with Crippen LogP contribution in [-0.4, -0.2) is 31.1 Å². The summed E-state index contributed by atoms with van der Waals surface area (Å²) >= 11 is 3.52. The van der Waals surface area contributed by atoms with Gasteiger partial charge in [0.1, 0.15) is 5.82 Å². The molecule has 4 heteroatoms. The Morgan fingerprint density at radius 1 is 1.37 bits per heavy atom. The van der Waals surface area contributed by atoms with Crippen LogP contribution in [0.5, 0.6) is 0 Å². The highest BCUT2D eigenvalue weighted by atomic mass is 79.9. The molecule has 0 aliphatic carbocycles. The fraction of sp³-hybridized carbons (Fsp3) is 0.600. The zero-order valence-electron chi connectivity index (χ0n) is 11.5. The summed E-state index contributed by atoms with van der Waals surface area (Å²) in [6, 6.07) is 5.48. The summed E-state index contributed by atoms with van der Waals surface area (Å²) in [6.07, 6.45) is 3.54. The third-order valence-corrected chi connectivity index (χ3v) is 4.43. The number of rotatable bonds is 5. The van der Waals surface area contributed by atoms with Crippen molar-refractivity contribution in [1.29, 1.82) is 0 Å². The predicted octanol–water partition coefficient (Wildman–Crippen LogP) is 3.72. The monoisotopic (exact) mass is 328 g/mol. The van der Waals surface area contributed by atoms with Gasteiger partial charge in [-0.3, -0.25) is 4.90 Å². The molecule has 1 heterocycles. The normalized spacial score (nSPS) is 18.5. The average molecular weight is 329 g/mol. The quantitative estimate of drug-likeness (QED) is 0.886. The van der Waals surface area contributed by atoms with Crippen LogP contribution < -0.4 is 5.32 Å². The second-order valence-corrected chi connectivity index (χ2v) is 5.96. The van der Waals surface area contributed by atoms with E-state index >= 15 is 0 Å². The van der Waals surface area contributed by atoms with E-state index in [1.165, 1.54) is 18.4 Å². The van der Waals surface area contributed by atoms with Crippen LogP contribution in [0.25, 0.3) is 0 Å². The van der Waals surface area contributed by atoms with Gasteiger partial charge in [-0.2, -0.15) is 0 Å². The highest BCUT2D eigenvalue weighted by molar-refractivity contribution is 9.10. The Labute approximate surface area is 123 Å². The first-order chi connectivity index (χ1) is 9.22. The van der Waals surface area contributed by atoms with Gasteiger partial charge in [-0.15, -0.1) is 0 Å². The molecule has 0 radical (unpaired) electrons. The third kappa shape index (κ3) is 4.01. The van der Waals surface area contributed by atoms with E-state index in [1.54, 1.807) is 12.1 Å². The molecule has 1 aromatic carbocycles. The molecule has 0 unspecified atom stereocenters. The van der Waals surface area contributed by atoms with Crippen LogP contribution in [0.4, 0.5) is 4.39 Å². The van der Waals surface area contributed by atoms with Gasteiger partial charge in [-0.05, 0) is 24.1 Å². The van der Waals surface area contributed by atoms with Gasteiger partial charge in [0.25, 0.3) is 0 Å². The fourth-order valence-electron chi connectivity index (χ4n) is 2.70. The van der Waals surface area contributed by atoms with Crippen molar-refractivity contribution in [2.45, 2.75) is 32.2 Å². The van der Waals surface area contributed by atoms with E-state index in [1.807, 2.05) is 6.07 Å². The molecule has 19 heavy (non-hydrogen) atoms. The van der Waals surface area contributed by atoms with Crippen molar-refractivity contribution in [3.05, 3.63) is 34.1 Å². The first-order valence-corrected chi connectivity index (χ1v) is 7.91. The van der Waals surface area contributed by atoms with Gasteiger partial charge in [0, 0.05) is 36.7 Å². The van der Waals surface area contributed by atoms with Crippen molar-refractivity contribution < 1.29 is 4.39 Å². The van der Waals surface area contributed by atoms with E-state index < -0.39 is 0 Å². The van der Waals surface area contributed by atoms with E-state index in [0.717, 1.165) is 37.1 Å². The summed E-state index contributed by atoms with van der Waals surface area (Å²) in [6.45, 7) is 6.44. The highest BCUT2D eigenvalue weighted by Gasteiger charge is 2.23. The number of halogens is 2. The molecule has 1 aliphatic rings. The fourth-order valence-corrected chi connectivity index (χ4v) is 3.31. The van der Waals surface area contributed by atoms with E-state index in [9.17, 15) is 4.39 Å². The molecule has 2 nitrogen and oxygen atoms in total. The Morgan fingerprint density at radius 2 is 2.11 bits per heavy atom. The lowest BCUT2D eigenvalue weighted by Gasteiger charge is -2.35. The van der Waals surface area contributed by atoms with Gasteiger partial charge >= 0.3 is 0 Å². The van der Waals surface area contributed by atoms with Gasteiger partial charge in [0.2, 0.25) is 0 Å². The van der Waals surface area contributed by atoms with E-state index in [4.69, 9.17) is 0 Å². The maximum absolute atomic E-state index is 13.3. The number of nitrogens with zero attached hydrogens (tertiary/aromatic N) is 1. The Kier molecular flexibility index (Phi) is 5.79. The maximum atomic E-state index is 13.3. The van der Waals surface area contributed by atoms with Crippen LogP contribution in [-0.2, 0) is 0 Å². The van der Waals surface area contributed by atoms with Gasteiger partial charge in [0.15, 0.2) is 0 Å². The lowest BCUT2D eigenvalue weighted by molar-refractivity contribution is 0.162. The van der Waals surface area contributed by atoms with Crippen LogP contribution >= 0.6 is 15.9 Å². The van der Waals surface area contributed by atoms with Gasteiger partial charge < -0.3 is 5.32 Å². The van der Waals surface area contributed by atoms with E-state index in [-0.39, 0.29) is 5.82 Å². The molecule has 0 saturated carbocycles. The minimum atomic E-state index is -0.176. The average Bonchev–Trinajstić information content (AvgIpc) is 2.42. The highest BCUT2D eigenvalue weighted by Crippen LogP contribution is 2.32. The van der Waals surface area contributed by atoms with Crippen molar-refractivity contribution >= 4 is 15.9 Å². The van der Waals surface area contributed by atoms with Crippen LogP contribution in [0.1, 0.15) is 37.8 Å². The number of piperazine rings is 1. The zero-order valence-corrected chi connectivity index (χ0v) is 13.0. The molecular formula is C15H22BrFN2. The van der Waals surface area contributed by atoms with Crippen LogP contribution in [0, 0.1) is 5.82 Å². The molecule has 106 valence electrons. The predicted molar refractivity (Wildman–Crippen MR) is 80.8 cm³/mol. The maximum Gasteiger partial charge on any atom is 0.124 e. The molecular weight excluding hydrogens is 307 g/mol. The largest absolute Gasteiger partial charge is 0.314 e. The molecule has 0 bridgehead atoms. The number of nitrogens with one attached hydrogen (secondary N) is 1. The Hall–Kier alpha value is -0.450. The molecule has 0 spiro atoms. The van der Waals surface area contributed by atoms with Crippen LogP contribution in [0.15, 0.2) is 22.7 Å². The topological polar surface area (TPSA) is 15.3 Å². The van der Waals surface area contributed by atoms with Gasteiger partial charge in [-0.1, -0.05) is 41.8 Å². The Balaban J connectivity index is 2.19.